The van der Waals surface area contributed by atoms with E-state index >= 15 is 0 Å². The van der Waals surface area contributed by atoms with E-state index in [1.165, 1.54) is 0 Å². The largest absolute Gasteiger partial charge is 0.481 e. The first-order valence-corrected chi connectivity index (χ1v) is 3.92. The second-order valence-corrected chi connectivity index (χ2v) is 2.84. The maximum atomic E-state index is 10.3. The van der Waals surface area contributed by atoms with Crippen molar-refractivity contribution in [2.75, 3.05) is 0 Å². The van der Waals surface area contributed by atoms with E-state index in [-0.39, 0.29) is 6.42 Å². The smallest absolute Gasteiger partial charge is 0.306 e. The van der Waals surface area contributed by atoms with Crippen molar-refractivity contribution in [2.45, 2.75) is 19.4 Å². The molecule has 0 saturated carbocycles. The van der Waals surface area contributed by atoms with Gasteiger partial charge >= 0.3 is 5.97 Å². The quantitative estimate of drug-likeness (QED) is 0.726. The zero-order valence-electron chi connectivity index (χ0n) is 7.27. The van der Waals surface area contributed by atoms with Crippen LogP contribution in [0.1, 0.15) is 23.8 Å². The molecule has 1 atom stereocenters. The Morgan fingerprint density at radius 2 is 2.38 bits per heavy atom. The van der Waals surface area contributed by atoms with Gasteiger partial charge in [0, 0.05) is 11.9 Å². The van der Waals surface area contributed by atoms with E-state index < -0.39 is 12.1 Å². The number of carboxylic acid groups (broad SMARTS) is 1. The number of hydrogen-bond donors (Lipinski definition) is 2. The van der Waals surface area contributed by atoms with Crippen LogP contribution in [0.25, 0.3) is 0 Å². The number of hydrogen-bond acceptors (Lipinski definition) is 3. The van der Waals surface area contributed by atoms with Crippen LogP contribution in [0.3, 0.4) is 0 Å². The van der Waals surface area contributed by atoms with Gasteiger partial charge in [0.05, 0.1) is 12.5 Å². The van der Waals surface area contributed by atoms with Gasteiger partial charge in [0.25, 0.3) is 0 Å². The highest BCUT2D eigenvalue weighted by Gasteiger charge is 2.11. The monoisotopic (exact) mass is 181 g/mol. The van der Waals surface area contributed by atoms with Crippen LogP contribution in [-0.4, -0.2) is 21.2 Å². The lowest BCUT2D eigenvalue weighted by Crippen LogP contribution is -2.05. The van der Waals surface area contributed by atoms with Crippen LogP contribution in [-0.2, 0) is 4.79 Å². The van der Waals surface area contributed by atoms with Gasteiger partial charge in [0.1, 0.15) is 0 Å². The third kappa shape index (κ3) is 2.83. The van der Waals surface area contributed by atoms with Gasteiger partial charge < -0.3 is 10.2 Å². The van der Waals surface area contributed by atoms with Crippen LogP contribution < -0.4 is 0 Å². The van der Waals surface area contributed by atoms with Crippen molar-refractivity contribution in [2.24, 2.45) is 0 Å². The minimum absolute atomic E-state index is 0.274. The molecule has 1 heterocycles. The molecule has 13 heavy (non-hydrogen) atoms. The minimum Gasteiger partial charge on any atom is -0.481 e. The molecule has 0 saturated heterocycles. The predicted octanol–water partition coefficient (Wildman–Crippen LogP) is 0.898. The highest BCUT2D eigenvalue weighted by molar-refractivity contribution is 5.67. The van der Waals surface area contributed by atoms with Crippen LogP contribution in [0.2, 0.25) is 0 Å². The summed E-state index contributed by atoms with van der Waals surface area (Å²) in [7, 11) is 0. The standard InChI is InChI=1S/C9H11NO3/c1-6-4-7(2-3-10-6)8(11)5-9(12)13/h2-4,8,11H,5H2,1H3,(H,12,13)/t8-/m1/s1. The Hall–Kier alpha value is -1.42. The summed E-state index contributed by atoms with van der Waals surface area (Å²) in [6.45, 7) is 1.79. The summed E-state index contributed by atoms with van der Waals surface area (Å²) in [4.78, 5) is 14.2. The van der Waals surface area contributed by atoms with Crippen LogP contribution in [0, 0.1) is 6.92 Å². The number of aliphatic carboxylic acids is 1. The average Bonchev–Trinajstić information content (AvgIpc) is 2.03. The van der Waals surface area contributed by atoms with Crippen LogP contribution in [0.4, 0.5) is 0 Å². The zero-order valence-corrected chi connectivity index (χ0v) is 7.27. The molecule has 2 N–H and O–H groups in total. The zero-order chi connectivity index (χ0) is 9.84. The summed E-state index contributed by atoms with van der Waals surface area (Å²) >= 11 is 0. The van der Waals surface area contributed by atoms with Crippen LogP contribution in [0.5, 0.6) is 0 Å². The fourth-order valence-electron chi connectivity index (χ4n) is 1.06. The summed E-state index contributed by atoms with van der Waals surface area (Å²) < 4.78 is 0. The molecule has 4 nitrogen and oxygen atoms in total. The second kappa shape index (κ2) is 4.00. The number of aromatic nitrogens is 1. The van der Waals surface area contributed by atoms with E-state index in [4.69, 9.17) is 5.11 Å². The Morgan fingerprint density at radius 1 is 1.69 bits per heavy atom. The lowest BCUT2D eigenvalue weighted by molar-refractivity contribution is -0.139. The number of aliphatic hydroxyl groups is 1. The maximum absolute atomic E-state index is 10.3. The van der Waals surface area contributed by atoms with Crippen molar-refractivity contribution in [3.8, 4) is 0 Å². The molecule has 0 amide bonds. The molecule has 4 heteroatoms. The number of nitrogens with zero attached hydrogens (tertiary/aromatic N) is 1. The summed E-state index contributed by atoms with van der Waals surface area (Å²) in [5.74, 6) is -1.01. The Kier molecular flexibility index (Phi) is 2.97. The van der Waals surface area contributed by atoms with E-state index in [1.807, 2.05) is 0 Å². The minimum atomic E-state index is -1.01. The van der Waals surface area contributed by atoms with E-state index in [9.17, 15) is 9.90 Å². The molecule has 0 spiro atoms. The fourth-order valence-corrected chi connectivity index (χ4v) is 1.06. The molecule has 0 radical (unpaired) electrons. The Bertz CT molecular complexity index is 311. The molecule has 0 unspecified atom stereocenters. The van der Waals surface area contributed by atoms with Crippen molar-refractivity contribution >= 4 is 5.97 Å². The number of rotatable bonds is 3. The highest BCUT2D eigenvalue weighted by Crippen LogP contribution is 2.15. The van der Waals surface area contributed by atoms with Gasteiger partial charge in [-0.1, -0.05) is 0 Å². The van der Waals surface area contributed by atoms with Crippen molar-refractivity contribution in [3.05, 3.63) is 29.6 Å². The van der Waals surface area contributed by atoms with Gasteiger partial charge in [0.2, 0.25) is 0 Å². The number of pyridine rings is 1. The van der Waals surface area contributed by atoms with E-state index in [2.05, 4.69) is 4.98 Å². The molecule has 0 aliphatic carbocycles. The molecule has 1 rings (SSSR count). The third-order valence-electron chi connectivity index (χ3n) is 1.67. The van der Waals surface area contributed by atoms with Crippen molar-refractivity contribution in [3.63, 3.8) is 0 Å². The van der Waals surface area contributed by atoms with E-state index in [0.717, 1.165) is 5.69 Å². The molecule has 0 bridgehead atoms. The van der Waals surface area contributed by atoms with Gasteiger partial charge in [-0.2, -0.15) is 0 Å². The number of aliphatic hydroxyl groups excluding tert-OH is 1. The number of aryl methyl sites for hydroxylation is 1. The maximum Gasteiger partial charge on any atom is 0.306 e. The summed E-state index contributed by atoms with van der Waals surface area (Å²) in [6, 6.07) is 3.29. The number of carbonyl (C=O) groups is 1. The van der Waals surface area contributed by atoms with Crippen molar-refractivity contribution in [1.29, 1.82) is 0 Å². The molecule has 0 fully saturated rings. The molecule has 0 aliphatic rings. The first-order valence-electron chi connectivity index (χ1n) is 3.92. The Labute approximate surface area is 75.9 Å². The summed E-state index contributed by atoms with van der Waals surface area (Å²) in [6.07, 6.45) is 0.332. The molecular formula is C9H11NO3. The molecule has 1 aromatic rings. The fraction of sp³-hybridized carbons (Fsp3) is 0.333. The van der Waals surface area contributed by atoms with E-state index in [0.29, 0.717) is 5.56 Å². The normalized spacial score (nSPS) is 12.5. The van der Waals surface area contributed by atoms with Gasteiger partial charge in [-0.05, 0) is 24.6 Å². The molecule has 0 aliphatic heterocycles. The predicted molar refractivity (Wildman–Crippen MR) is 46.2 cm³/mol. The summed E-state index contributed by atoms with van der Waals surface area (Å²) in [5, 5.41) is 17.8. The molecule has 70 valence electrons. The molecule has 0 aromatic carbocycles. The van der Waals surface area contributed by atoms with E-state index in [1.54, 1.807) is 25.3 Å². The Balaban J connectivity index is 2.76. The second-order valence-electron chi connectivity index (χ2n) is 2.84. The van der Waals surface area contributed by atoms with Crippen LogP contribution >= 0.6 is 0 Å². The van der Waals surface area contributed by atoms with Crippen molar-refractivity contribution in [1.82, 2.24) is 4.98 Å². The first kappa shape index (κ1) is 9.67. The SMILES string of the molecule is Cc1cc([C@H](O)CC(=O)O)ccn1. The Morgan fingerprint density at radius 3 is 2.92 bits per heavy atom. The highest BCUT2D eigenvalue weighted by atomic mass is 16.4. The van der Waals surface area contributed by atoms with Gasteiger partial charge in [-0.25, -0.2) is 0 Å². The average molecular weight is 181 g/mol. The van der Waals surface area contributed by atoms with Crippen LogP contribution in [0.15, 0.2) is 18.3 Å². The van der Waals surface area contributed by atoms with Gasteiger partial charge in [-0.3, -0.25) is 9.78 Å². The summed E-state index contributed by atoms with van der Waals surface area (Å²) in [5.41, 5.74) is 1.36. The first-order chi connectivity index (χ1) is 6.09. The lowest BCUT2D eigenvalue weighted by Gasteiger charge is -2.07. The van der Waals surface area contributed by atoms with Crippen molar-refractivity contribution < 1.29 is 15.0 Å². The van der Waals surface area contributed by atoms with Gasteiger partial charge in [-0.15, -0.1) is 0 Å². The molecular weight excluding hydrogens is 170 g/mol. The lowest BCUT2D eigenvalue weighted by atomic mass is 10.1. The topological polar surface area (TPSA) is 70.4 Å². The number of carboxylic acids is 1. The third-order valence-corrected chi connectivity index (χ3v) is 1.67. The molecule has 1 aromatic heterocycles. The van der Waals surface area contributed by atoms with Gasteiger partial charge in [0.15, 0.2) is 0 Å².